The fourth-order valence-electron chi connectivity index (χ4n) is 1.93. The molecule has 1 aromatic carbocycles. The Morgan fingerprint density at radius 2 is 2.24 bits per heavy atom. The second-order valence-corrected chi connectivity index (χ2v) is 5.46. The van der Waals surface area contributed by atoms with Gasteiger partial charge in [0.15, 0.2) is 0 Å². The Morgan fingerprint density at radius 1 is 1.41 bits per heavy atom. The van der Waals surface area contributed by atoms with Crippen molar-refractivity contribution >= 4 is 11.3 Å². The smallest absolute Gasteiger partial charge is 0.114 e. The molecule has 0 spiro atoms. The Hall–Kier alpha value is -1.66. The highest BCUT2D eigenvalue weighted by atomic mass is 32.1. The van der Waals surface area contributed by atoms with Crippen molar-refractivity contribution in [3.63, 3.8) is 0 Å². The van der Waals surface area contributed by atoms with Crippen LogP contribution in [0.4, 0.5) is 0 Å². The lowest BCUT2D eigenvalue weighted by atomic mass is 10.1. The van der Waals surface area contributed by atoms with Crippen LogP contribution in [0.1, 0.15) is 23.4 Å². The first-order valence-electron chi connectivity index (χ1n) is 5.68. The molecule has 2 aromatic rings. The molecule has 1 heterocycles. The first-order chi connectivity index (χ1) is 8.23. The molecule has 2 nitrogen and oxygen atoms in total. The average molecular weight is 240 g/mol. The third kappa shape index (κ3) is 1.75. The molecular formula is C14H12N2S. The SMILES string of the molecule is Cc1cccc(-c2csc(C3(C#N)CC3)n2)c1. The highest BCUT2D eigenvalue weighted by Gasteiger charge is 2.47. The van der Waals surface area contributed by atoms with Crippen molar-refractivity contribution in [1.82, 2.24) is 4.98 Å². The van der Waals surface area contributed by atoms with Gasteiger partial charge in [-0.05, 0) is 25.8 Å². The number of thiazole rings is 1. The van der Waals surface area contributed by atoms with Crippen molar-refractivity contribution < 1.29 is 0 Å². The van der Waals surface area contributed by atoms with Gasteiger partial charge < -0.3 is 0 Å². The van der Waals surface area contributed by atoms with Crippen molar-refractivity contribution in [1.29, 1.82) is 5.26 Å². The Bertz CT molecular complexity index is 603. The zero-order valence-corrected chi connectivity index (χ0v) is 10.4. The number of benzene rings is 1. The zero-order valence-electron chi connectivity index (χ0n) is 9.60. The molecule has 0 radical (unpaired) electrons. The molecule has 0 aliphatic heterocycles. The highest BCUT2D eigenvalue weighted by molar-refractivity contribution is 7.10. The quantitative estimate of drug-likeness (QED) is 0.803. The fourth-order valence-corrected chi connectivity index (χ4v) is 2.97. The van der Waals surface area contributed by atoms with Crippen molar-refractivity contribution in [3.8, 4) is 17.3 Å². The van der Waals surface area contributed by atoms with Gasteiger partial charge >= 0.3 is 0 Å². The molecule has 0 atom stereocenters. The van der Waals surface area contributed by atoms with E-state index in [0.717, 1.165) is 29.1 Å². The van der Waals surface area contributed by atoms with Gasteiger partial charge in [-0.1, -0.05) is 23.8 Å². The van der Waals surface area contributed by atoms with Crippen LogP contribution in [-0.4, -0.2) is 4.98 Å². The molecule has 0 saturated heterocycles. The minimum Gasteiger partial charge on any atom is -0.240 e. The zero-order chi connectivity index (χ0) is 11.9. The lowest BCUT2D eigenvalue weighted by Gasteiger charge is -2.00. The van der Waals surface area contributed by atoms with Crippen LogP contribution in [0.3, 0.4) is 0 Å². The summed E-state index contributed by atoms with van der Waals surface area (Å²) >= 11 is 1.61. The van der Waals surface area contributed by atoms with Crippen molar-refractivity contribution in [2.75, 3.05) is 0 Å². The molecule has 1 fully saturated rings. The van der Waals surface area contributed by atoms with E-state index in [1.807, 2.05) is 6.07 Å². The van der Waals surface area contributed by atoms with E-state index in [0.29, 0.717) is 0 Å². The molecule has 1 aliphatic rings. The topological polar surface area (TPSA) is 36.7 Å². The lowest BCUT2D eigenvalue weighted by molar-refractivity contribution is 0.891. The molecule has 0 N–H and O–H groups in total. The predicted octanol–water partition coefficient (Wildman–Crippen LogP) is 3.67. The Balaban J connectivity index is 1.99. The largest absolute Gasteiger partial charge is 0.240 e. The summed E-state index contributed by atoms with van der Waals surface area (Å²) in [5.41, 5.74) is 3.11. The van der Waals surface area contributed by atoms with E-state index < -0.39 is 0 Å². The van der Waals surface area contributed by atoms with Gasteiger partial charge in [-0.3, -0.25) is 0 Å². The van der Waals surface area contributed by atoms with Gasteiger partial charge in [-0.25, -0.2) is 4.98 Å². The molecule has 0 bridgehead atoms. The van der Waals surface area contributed by atoms with E-state index in [2.05, 4.69) is 41.6 Å². The van der Waals surface area contributed by atoms with Gasteiger partial charge in [0.25, 0.3) is 0 Å². The molecule has 1 saturated carbocycles. The summed E-state index contributed by atoms with van der Waals surface area (Å²) in [6, 6.07) is 10.7. The van der Waals surface area contributed by atoms with E-state index >= 15 is 0 Å². The number of rotatable bonds is 2. The standard InChI is InChI=1S/C14H12N2S/c1-10-3-2-4-11(7-10)12-8-17-13(16-12)14(9-15)5-6-14/h2-4,7-8H,5-6H2,1H3. The van der Waals surface area contributed by atoms with E-state index in [1.54, 1.807) is 11.3 Å². The van der Waals surface area contributed by atoms with Crippen LogP contribution in [0.25, 0.3) is 11.3 Å². The van der Waals surface area contributed by atoms with E-state index in [4.69, 9.17) is 5.26 Å². The second kappa shape index (κ2) is 3.68. The number of aromatic nitrogens is 1. The lowest BCUT2D eigenvalue weighted by Crippen LogP contribution is -2.01. The maximum absolute atomic E-state index is 9.15. The van der Waals surface area contributed by atoms with Crippen molar-refractivity contribution in [2.24, 2.45) is 0 Å². The summed E-state index contributed by atoms with van der Waals surface area (Å²) in [7, 11) is 0. The molecule has 3 heteroatoms. The van der Waals surface area contributed by atoms with E-state index in [1.165, 1.54) is 5.56 Å². The van der Waals surface area contributed by atoms with Crippen LogP contribution in [0.2, 0.25) is 0 Å². The molecule has 17 heavy (non-hydrogen) atoms. The summed E-state index contributed by atoms with van der Waals surface area (Å²) < 4.78 is 0. The monoisotopic (exact) mass is 240 g/mol. The number of hydrogen-bond donors (Lipinski definition) is 0. The van der Waals surface area contributed by atoms with Crippen molar-refractivity contribution in [2.45, 2.75) is 25.2 Å². The minimum absolute atomic E-state index is 0.257. The maximum atomic E-state index is 9.15. The summed E-state index contributed by atoms with van der Waals surface area (Å²) in [6.07, 6.45) is 1.93. The van der Waals surface area contributed by atoms with Crippen LogP contribution >= 0.6 is 11.3 Å². The summed E-state index contributed by atoms with van der Waals surface area (Å²) in [4.78, 5) is 4.62. The molecule has 3 rings (SSSR count). The molecule has 1 aromatic heterocycles. The molecule has 1 aliphatic carbocycles. The average Bonchev–Trinajstić information content (AvgIpc) is 2.99. The van der Waals surface area contributed by atoms with Crippen molar-refractivity contribution in [3.05, 3.63) is 40.2 Å². The highest BCUT2D eigenvalue weighted by Crippen LogP contribution is 2.49. The molecule has 0 amide bonds. The van der Waals surface area contributed by atoms with Crippen LogP contribution in [0.15, 0.2) is 29.6 Å². The van der Waals surface area contributed by atoms with Gasteiger partial charge in [0.2, 0.25) is 0 Å². The second-order valence-electron chi connectivity index (χ2n) is 4.60. The number of nitrogens with zero attached hydrogens (tertiary/aromatic N) is 2. The Kier molecular flexibility index (Phi) is 2.27. The van der Waals surface area contributed by atoms with Gasteiger partial charge in [0, 0.05) is 10.9 Å². The molecule has 0 unspecified atom stereocenters. The van der Waals surface area contributed by atoms with Gasteiger partial charge in [0.1, 0.15) is 10.4 Å². The normalized spacial score (nSPS) is 16.5. The number of nitriles is 1. The van der Waals surface area contributed by atoms with E-state index in [-0.39, 0.29) is 5.41 Å². The van der Waals surface area contributed by atoms with E-state index in [9.17, 15) is 0 Å². The van der Waals surface area contributed by atoms with Gasteiger partial charge in [0.05, 0.1) is 11.8 Å². The summed E-state index contributed by atoms with van der Waals surface area (Å²) in [5.74, 6) is 0. The first-order valence-corrected chi connectivity index (χ1v) is 6.56. The van der Waals surface area contributed by atoms with Crippen LogP contribution in [-0.2, 0) is 5.41 Å². The Morgan fingerprint density at radius 3 is 2.88 bits per heavy atom. The maximum Gasteiger partial charge on any atom is 0.114 e. The van der Waals surface area contributed by atoms with Gasteiger partial charge in [-0.2, -0.15) is 5.26 Å². The van der Waals surface area contributed by atoms with Crippen LogP contribution < -0.4 is 0 Å². The fraction of sp³-hybridized carbons (Fsp3) is 0.286. The number of aryl methyl sites for hydroxylation is 1. The number of hydrogen-bond acceptors (Lipinski definition) is 3. The Labute approximate surface area is 105 Å². The molecular weight excluding hydrogens is 228 g/mol. The van der Waals surface area contributed by atoms with Crippen LogP contribution in [0, 0.1) is 18.3 Å². The summed E-state index contributed by atoms with van der Waals surface area (Å²) in [6.45, 7) is 2.08. The van der Waals surface area contributed by atoms with Gasteiger partial charge in [-0.15, -0.1) is 11.3 Å². The first kappa shape index (κ1) is 10.5. The predicted molar refractivity (Wildman–Crippen MR) is 68.8 cm³/mol. The van der Waals surface area contributed by atoms with Crippen LogP contribution in [0.5, 0.6) is 0 Å². The molecule has 84 valence electrons. The third-order valence-electron chi connectivity index (χ3n) is 3.19. The summed E-state index contributed by atoms with van der Waals surface area (Å²) in [5, 5.41) is 12.2. The third-order valence-corrected chi connectivity index (χ3v) is 4.24. The minimum atomic E-state index is -0.257.